The molecule has 0 saturated carbocycles. The summed E-state index contributed by atoms with van der Waals surface area (Å²) in [5.41, 5.74) is 0. The molecule has 0 aromatic carbocycles. The number of rotatable bonds is 15. The van der Waals surface area contributed by atoms with Crippen LogP contribution in [-0.2, 0) is 4.74 Å². The molecule has 0 spiro atoms. The van der Waals surface area contributed by atoms with Gasteiger partial charge in [-0.3, -0.25) is 0 Å². The second-order valence-corrected chi connectivity index (χ2v) is 5.98. The largest absolute Gasteiger partial charge is 0.498 e. The van der Waals surface area contributed by atoms with E-state index in [1.807, 2.05) is 0 Å². The SMILES string of the molecule is CCCCC/C=C(/CCCCCCCC)OCCC.OCCO. The molecule has 0 aliphatic rings. The van der Waals surface area contributed by atoms with Crippen molar-refractivity contribution in [2.45, 2.75) is 97.8 Å². The highest BCUT2D eigenvalue weighted by Crippen LogP contribution is 2.15. The van der Waals surface area contributed by atoms with E-state index in [0.29, 0.717) is 0 Å². The first-order valence-corrected chi connectivity index (χ1v) is 9.80. The Hall–Kier alpha value is -0.540. The molecular formula is C20H42O3. The zero-order valence-electron chi connectivity index (χ0n) is 16.0. The number of hydrogen-bond acceptors (Lipinski definition) is 3. The molecule has 0 fully saturated rings. The summed E-state index contributed by atoms with van der Waals surface area (Å²) in [6.07, 6.45) is 18.0. The lowest BCUT2D eigenvalue weighted by molar-refractivity contribution is 0.186. The maximum Gasteiger partial charge on any atom is 0.0919 e. The molecular weight excluding hydrogens is 288 g/mol. The lowest BCUT2D eigenvalue weighted by atomic mass is 10.1. The molecule has 0 saturated heterocycles. The van der Waals surface area contributed by atoms with E-state index in [2.05, 4.69) is 26.8 Å². The van der Waals surface area contributed by atoms with Gasteiger partial charge in [-0.05, 0) is 31.8 Å². The number of aliphatic hydroxyl groups is 2. The van der Waals surface area contributed by atoms with E-state index in [0.717, 1.165) is 19.4 Å². The Morgan fingerprint density at radius 3 is 1.87 bits per heavy atom. The van der Waals surface area contributed by atoms with E-state index >= 15 is 0 Å². The summed E-state index contributed by atoms with van der Waals surface area (Å²) in [5.74, 6) is 1.26. The molecule has 0 aromatic heterocycles. The van der Waals surface area contributed by atoms with Gasteiger partial charge in [0.15, 0.2) is 0 Å². The van der Waals surface area contributed by atoms with Gasteiger partial charge < -0.3 is 14.9 Å². The van der Waals surface area contributed by atoms with E-state index in [1.54, 1.807) is 0 Å². The van der Waals surface area contributed by atoms with Crippen molar-refractivity contribution >= 4 is 0 Å². The summed E-state index contributed by atoms with van der Waals surface area (Å²) < 4.78 is 5.86. The molecule has 0 aromatic rings. The fraction of sp³-hybridized carbons (Fsp3) is 0.900. The predicted molar refractivity (Wildman–Crippen MR) is 101 cm³/mol. The van der Waals surface area contributed by atoms with Gasteiger partial charge in [0.2, 0.25) is 0 Å². The number of aliphatic hydroxyl groups excluding tert-OH is 2. The van der Waals surface area contributed by atoms with Crippen LogP contribution in [0.3, 0.4) is 0 Å². The van der Waals surface area contributed by atoms with Crippen LogP contribution in [0.4, 0.5) is 0 Å². The van der Waals surface area contributed by atoms with Gasteiger partial charge in [0, 0.05) is 6.42 Å². The Labute approximate surface area is 145 Å². The van der Waals surface area contributed by atoms with Gasteiger partial charge in [-0.25, -0.2) is 0 Å². The molecule has 0 radical (unpaired) electrons. The van der Waals surface area contributed by atoms with Crippen LogP contribution >= 0.6 is 0 Å². The minimum Gasteiger partial charge on any atom is -0.498 e. The number of hydrogen-bond donors (Lipinski definition) is 2. The highest BCUT2D eigenvalue weighted by Gasteiger charge is 1.99. The molecule has 140 valence electrons. The third-order valence-electron chi connectivity index (χ3n) is 3.55. The minimum absolute atomic E-state index is 0.125. The summed E-state index contributed by atoms with van der Waals surface area (Å²) in [5, 5.41) is 15.2. The number of ether oxygens (including phenoxy) is 1. The minimum atomic E-state index is -0.125. The highest BCUT2D eigenvalue weighted by molar-refractivity contribution is 4.93. The van der Waals surface area contributed by atoms with Crippen molar-refractivity contribution in [3.8, 4) is 0 Å². The normalized spacial score (nSPS) is 11.1. The average molecular weight is 331 g/mol. The second-order valence-electron chi connectivity index (χ2n) is 5.98. The van der Waals surface area contributed by atoms with Crippen molar-refractivity contribution in [2.24, 2.45) is 0 Å². The first-order chi connectivity index (χ1) is 11.3. The first-order valence-electron chi connectivity index (χ1n) is 9.80. The fourth-order valence-corrected chi connectivity index (χ4v) is 2.20. The fourth-order valence-electron chi connectivity index (χ4n) is 2.20. The summed E-state index contributed by atoms with van der Waals surface area (Å²) >= 11 is 0. The summed E-state index contributed by atoms with van der Waals surface area (Å²) in [7, 11) is 0. The van der Waals surface area contributed by atoms with Gasteiger partial charge in [-0.15, -0.1) is 0 Å². The molecule has 0 unspecified atom stereocenters. The van der Waals surface area contributed by atoms with Crippen LogP contribution in [0, 0.1) is 0 Å². The van der Waals surface area contributed by atoms with Gasteiger partial charge in [0.05, 0.1) is 25.6 Å². The van der Waals surface area contributed by atoms with E-state index in [4.69, 9.17) is 14.9 Å². The van der Waals surface area contributed by atoms with E-state index in [1.165, 1.54) is 70.0 Å². The molecule has 3 nitrogen and oxygen atoms in total. The molecule has 23 heavy (non-hydrogen) atoms. The maximum atomic E-state index is 7.62. The van der Waals surface area contributed by atoms with Crippen LogP contribution in [0.2, 0.25) is 0 Å². The second kappa shape index (κ2) is 23.7. The van der Waals surface area contributed by atoms with Crippen molar-refractivity contribution < 1.29 is 14.9 Å². The summed E-state index contributed by atoms with van der Waals surface area (Å²) in [6, 6.07) is 0. The maximum absolute atomic E-state index is 7.62. The molecule has 0 bridgehead atoms. The van der Waals surface area contributed by atoms with Gasteiger partial charge in [0.25, 0.3) is 0 Å². The van der Waals surface area contributed by atoms with E-state index < -0.39 is 0 Å². The summed E-state index contributed by atoms with van der Waals surface area (Å²) in [6.45, 7) is 7.35. The average Bonchev–Trinajstić information content (AvgIpc) is 2.58. The van der Waals surface area contributed by atoms with Crippen molar-refractivity contribution in [1.82, 2.24) is 0 Å². The van der Waals surface area contributed by atoms with Crippen LogP contribution in [0.25, 0.3) is 0 Å². The zero-order valence-corrected chi connectivity index (χ0v) is 16.0. The smallest absolute Gasteiger partial charge is 0.0919 e. The van der Waals surface area contributed by atoms with Crippen LogP contribution in [0.1, 0.15) is 97.8 Å². The predicted octanol–water partition coefficient (Wildman–Crippen LogP) is 5.60. The lowest BCUT2D eigenvalue weighted by Crippen LogP contribution is -1.95. The Bertz CT molecular complexity index is 225. The van der Waals surface area contributed by atoms with Gasteiger partial charge in [-0.2, -0.15) is 0 Å². The van der Waals surface area contributed by atoms with Crippen molar-refractivity contribution in [2.75, 3.05) is 19.8 Å². The van der Waals surface area contributed by atoms with Crippen LogP contribution in [-0.4, -0.2) is 30.0 Å². The number of allylic oxidation sites excluding steroid dienone is 2. The van der Waals surface area contributed by atoms with E-state index in [-0.39, 0.29) is 13.2 Å². The Morgan fingerprint density at radius 2 is 1.30 bits per heavy atom. The Kier molecular flexibility index (Phi) is 25.5. The number of unbranched alkanes of at least 4 members (excludes halogenated alkanes) is 8. The molecule has 0 heterocycles. The van der Waals surface area contributed by atoms with Crippen LogP contribution in [0.5, 0.6) is 0 Å². The quantitative estimate of drug-likeness (QED) is 0.303. The monoisotopic (exact) mass is 330 g/mol. The van der Waals surface area contributed by atoms with Gasteiger partial charge in [0.1, 0.15) is 0 Å². The third kappa shape index (κ3) is 23.8. The Morgan fingerprint density at radius 1 is 0.739 bits per heavy atom. The van der Waals surface area contributed by atoms with Crippen LogP contribution < -0.4 is 0 Å². The molecule has 0 aliphatic heterocycles. The molecule has 0 rings (SSSR count). The summed E-state index contributed by atoms with van der Waals surface area (Å²) in [4.78, 5) is 0. The van der Waals surface area contributed by atoms with Crippen molar-refractivity contribution in [3.63, 3.8) is 0 Å². The zero-order chi connectivity index (χ0) is 17.6. The van der Waals surface area contributed by atoms with Gasteiger partial charge >= 0.3 is 0 Å². The first kappa shape index (κ1) is 24.7. The standard InChI is InChI=1S/C18H36O.C2H6O2/c1-4-7-9-11-12-14-16-18(19-17-6-3)15-13-10-8-5-2;3-1-2-4/h15H,4-14,16-17H2,1-3H3;3-4H,1-2H2/b18-15-;. The highest BCUT2D eigenvalue weighted by atomic mass is 16.5. The molecule has 3 heteroatoms. The van der Waals surface area contributed by atoms with Crippen molar-refractivity contribution in [1.29, 1.82) is 0 Å². The van der Waals surface area contributed by atoms with E-state index in [9.17, 15) is 0 Å². The molecule has 0 amide bonds. The van der Waals surface area contributed by atoms with Crippen LogP contribution in [0.15, 0.2) is 11.8 Å². The van der Waals surface area contributed by atoms with Crippen molar-refractivity contribution in [3.05, 3.63) is 11.8 Å². The third-order valence-corrected chi connectivity index (χ3v) is 3.55. The molecule has 0 aliphatic carbocycles. The topological polar surface area (TPSA) is 49.7 Å². The Balaban J connectivity index is 0. The molecule has 0 atom stereocenters. The van der Waals surface area contributed by atoms with Gasteiger partial charge in [-0.1, -0.05) is 65.7 Å². The lowest BCUT2D eigenvalue weighted by Gasteiger charge is -2.10. The molecule has 2 N–H and O–H groups in total.